The van der Waals surface area contributed by atoms with Gasteiger partial charge in [-0.25, -0.2) is 0 Å². The van der Waals surface area contributed by atoms with E-state index < -0.39 is 18.5 Å². The van der Waals surface area contributed by atoms with Crippen LogP contribution in [0.5, 0.6) is 0 Å². The average Bonchev–Trinajstić information content (AvgIpc) is 3.15. The molecule has 0 radical (unpaired) electrons. The van der Waals surface area contributed by atoms with Crippen molar-refractivity contribution in [2.24, 2.45) is 5.92 Å². The Morgan fingerprint density at radius 3 is 2.86 bits per heavy atom. The zero-order chi connectivity index (χ0) is 20.8. The summed E-state index contributed by atoms with van der Waals surface area (Å²) in [7, 11) is 0. The molecular weight excluding hydrogens is 370 g/mol. The Balaban J connectivity index is 1.32. The molecule has 0 saturated carbocycles. The third-order valence-electron chi connectivity index (χ3n) is 5.66. The molecule has 162 valence electrons. The molecule has 2 heterocycles. The number of rotatable bonds is 9. The number of hydrogen-bond donors (Lipinski definition) is 2. The number of allylic oxidation sites excluding steroid dienone is 4. The molecule has 2 N–H and O–H groups in total. The Morgan fingerprint density at radius 2 is 2.07 bits per heavy atom. The van der Waals surface area contributed by atoms with Gasteiger partial charge in [-0.05, 0) is 44.6 Å². The maximum Gasteiger partial charge on any atom is 0.184 e. The van der Waals surface area contributed by atoms with E-state index in [1.54, 1.807) is 6.92 Å². The van der Waals surface area contributed by atoms with Crippen molar-refractivity contribution < 1.29 is 19.7 Å². The van der Waals surface area contributed by atoms with Gasteiger partial charge in [0.25, 0.3) is 0 Å². The number of ether oxygens (including phenoxy) is 2. The van der Waals surface area contributed by atoms with Crippen molar-refractivity contribution in [3.8, 4) is 0 Å². The number of aliphatic hydroxyl groups is 2. The fraction of sp³-hybridized carbons (Fsp3) is 0.727. The molecule has 6 unspecified atom stereocenters. The van der Waals surface area contributed by atoms with Gasteiger partial charge >= 0.3 is 0 Å². The van der Waals surface area contributed by atoms with E-state index in [2.05, 4.69) is 35.5 Å². The van der Waals surface area contributed by atoms with Crippen LogP contribution >= 0.6 is 0 Å². The van der Waals surface area contributed by atoms with Crippen molar-refractivity contribution >= 4 is 5.57 Å². The van der Waals surface area contributed by atoms with Gasteiger partial charge in [0, 0.05) is 13.0 Å². The lowest BCUT2D eigenvalue weighted by atomic mass is 9.97. The highest BCUT2D eigenvalue weighted by atomic mass is 16.7. The van der Waals surface area contributed by atoms with Crippen molar-refractivity contribution in [1.82, 2.24) is 15.0 Å². The molecule has 1 aliphatic heterocycles. The summed E-state index contributed by atoms with van der Waals surface area (Å²) >= 11 is 0. The molecule has 29 heavy (non-hydrogen) atoms. The van der Waals surface area contributed by atoms with E-state index in [-0.39, 0.29) is 12.2 Å². The van der Waals surface area contributed by atoms with Gasteiger partial charge in [-0.2, -0.15) is 0 Å². The summed E-state index contributed by atoms with van der Waals surface area (Å²) in [6.07, 6.45) is 11.7. The second-order valence-corrected chi connectivity index (χ2v) is 8.48. The normalized spacial score (nSPS) is 30.9. The zero-order valence-electron chi connectivity index (χ0n) is 17.8. The number of hydrogen-bond acceptors (Lipinski definition) is 6. The average molecular weight is 406 g/mol. The lowest BCUT2D eigenvalue weighted by Gasteiger charge is -2.36. The molecule has 7 nitrogen and oxygen atoms in total. The first-order valence-corrected chi connectivity index (χ1v) is 10.9. The summed E-state index contributed by atoms with van der Waals surface area (Å²) in [5.41, 5.74) is 2.11. The summed E-state index contributed by atoms with van der Waals surface area (Å²) < 4.78 is 13.3. The van der Waals surface area contributed by atoms with Crippen LogP contribution in [0.2, 0.25) is 0 Å². The van der Waals surface area contributed by atoms with E-state index >= 15 is 0 Å². The van der Waals surface area contributed by atoms with Crippen LogP contribution in [0.15, 0.2) is 24.4 Å². The van der Waals surface area contributed by atoms with Crippen LogP contribution in [0, 0.1) is 5.92 Å². The molecule has 2 aliphatic rings. The van der Waals surface area contributed by atoms with Gasteiger partial charge in [0.2, 0.25) is 0 Å². The van der Waals surface area contributed by atoms with Crippen LogP contribution in [0.25, 0.3) is 5.57 Å². The van der Waals surface area contributed by atoms with E-state index in [1.807, 2.05) is 17.8 Å². The van der Waals surface area contributed by atoms with Gasteiger partial charge in [0.15, 0.2) is 6.29 Å². The van der Waals surface area contributed by atoms with Gasteiger partial charge in [0.1, 0.15) is 11.8 Å². The molecule has 1 saturated heterocycles. The first-order valence-electron chi connectivity index (χ1n) is 10.9. The molecule has 1 aromatic rings. The summed E-state index contributed by atoms with van der Waals surface area (Å²) in [6.45, 7) is 6.87. The predicted molar refractivity (Wildman–Crippen MR) is 111 cm³/mol. The first-order chi connectivity index (χ1) is 13.9. The molecule has 7 heteroatoms. The largest absolute Gasteiger partial charge is 0.390 e. The minimum absolute atomic E-state index is 0.00193. The summed E-state index contributed by atoms with van der Waals surface area (Å²) in [6, 6.07) is 0. The molecule has 6 atom stereocenters. The minimum Gasteiger partial charge on any atom is -0.390 e. The summed E-state index contributed by atoms with van der Waals surface area (Å²) in [4.78, 5) is 0. The quantitative estimate of drug-likeness (QED) is 0.614. The maximum atomic E-state index is 10.0. The van der Waals surface area contributed by atoms with Crippen molar-refractivity contribution in [3.05, 3.63) is 30.1 Å². The molecule has 0 spiro atoms. The lowest BCUT2D eigenvalue weighted by Crippen LogP contribution is -2.48. The maximum absolute atomic E-state index is 10.0. The molecular formula is C22H35N3O4. The number of aryl methyl sites for hydroxylation is 1. The molecule has 1 aromatic heterocycles. The number of aliphatic hydroxyl groups excluding tert-OH is 2. The topological polar surface area (TPSA) is 89.6 Å². The fourth-order valence-corrected chi connectivity index (χ4v) is 3.80. The second-order valence-electron chi connectivity index (χ2n) is 8.48. The third-order valence-corrected chi connectivity index (χ3v) is 5.66. The van der Waals surface area contributed by atoms with E-state index in [1.165, 1.54) is 0 Å². The fourth-order valence-electron chi connectivity index (χ4n) is 3.80. The zero-order valence-corrected chi connectivity index (χ0v) is 17.8. The Morgan fingerprint density at radius 1 is 1.24 bits per heavy atom. The van der Waals surface area contributed by atoms with Crippen LogP contribution in [0.3, 0.4) is 0 Å². The van der Waals surface area contributed by atoms with Crippen LogP contribution in [-0.2, 0) is 16.0 Å². The van der Waals surface area contributed by atoms with Crippen LogP contribution in [0.4, 0.5) is 0 Å². The SMILES string of the molecule is CC1C=C(c2cn(CCCCCC(C)OC3OC(C)C(O)CC3O)nn2)C=CC1. The molecule has 1 aliphatic carbocycles. The first kappa shape index (κ1) is 22.2. The molecule has 3 rings (SSSR count). The highest BCUT2D eigenvalue weighted by Gasteiger charge is 2.35. The van der Waals surface area contributed by atoms with Crippen LogP contribution in [-0.4, -0.2) is 55.9 Å². The predicted octanol–water partition coefficient (Wildman–Crippen LogP) is 3.08. The van der Waals surface area contributed by atoms with E-state index in [9.17, 15) is 10.2 Å². The Bertz CT molecular complexity index is 702. The van der Waals surface area contributed by atoms with Gasteiger partial charge in [-0.3, -0.25) is 4.68 Å². The molecule has 0 aromatic carbocycles. The highest BCUT2D eigenvalue weighted by Crippen LogP contribution is 2.24. The van der Waals surface area contributed by atoms with Crippen molar-refractivity contribution in [2.75, 3.05) is 0 Å². The minimum atomic E-state index is -0.776. The Hall–Kier alpha value is -1.54. The number of unbranched alkanes of at least 4 members (excludes halogenated alkanes) is 2. The summed E-state index contributed by atoms with van der Waals surface area (Å²) in [5, 5.41) is 28.3. The molecule has 0 bridgehead atoms. The number of aromatic nitrogens is 3. The van der Waals surface area contributed by atoms with Gasteiger partial charge in [-0.1, -0.05) is 43.2 Å². The van der Waals surface area contributed by atoms with E-state index in [0.29, 0.717) is 12.3 Å². The van der Waals surface area contributed by atoms with Crippen molar-refractivity contribution in [1.29, 1.82) is 0 Å². The number of nitrogens with zero attached hydrogens (tertiary/aromatic N) is 3. The Labute approximate surface area is 173 Å². The van der Waals surface area contributed by atoms with Crippen molar-refractivity contribution in [3.63, 3.8) is 0 Å². The van der Waals surface area contributed by atoms with Gasteiger partial charge < -0.3 is 19.7 Å². The molecule has 0 amide bonds. The Kier molecular flexibility index (Phi) is 8.00. The van der Waals surface area contributed by atoms with Crippen molar-refractivity contribution in [2.45, 2.75) is 96.5 Å². The van der Waals surface area contributed by atoms with E-state index in [0.717, 1.165) is 49.9 Å². The monoisotopic (exact) mass is 405 g/mol. The highest BCUT2D eigenvalue weighted by molar-refractivity contribution is 5.72. The summed E-state index contributed by atoms with van der Waals surface area (Å²) in [5.74, 6) is 0.553. The van der Waals surface area contributed by atoms with E-state index in [4.69, 9.17) is 9.47 Å². The van der Waals surface area contributed by atoms with Gasteiger partial charge in [-0.15, -0.1) is 5.10 Å². The van der Waals surface area contributed by atoms with Crippen LogP contribution in [0.1, 0.15) is 65.0 Å². The lowest BCUT2D eigenvalue weighted by molar-refractivity contribution is -0.273. The van der Waals surface area contributed by atoms with Crippen LogP contribution < -0.4 is 0 Å². The van der Waals surface area contributed by atoms with Gasteiger partial charge in [0.05, 0.1) is 24.5 Å². The smallest absolute Gasteiger partial charge is 0.184 e. The second kappa shape index (κ2) is 10.5. The standard InChI is InChI=1S/C22H35N3O4/c1-15-8-7-10-18(12-15)19-14-25(24-23-19)11-6-4-5-9-16(2)28-22-21(27)13-20(26)17(3)29-22/h7,10,12,14-17,20-22,26-27H,4-6,8-9,11,13H2,1-3H3. The molecule has 1 fully saturated rings. The third kappa shape index (κ3) is 6.47.